The second kappa shape index (κ2) is 13.1. The molecule has 1 heterocycles. The van der Waals surface area contributed by atoms with E-state index in [1.165, 1.54) is 6.92 Å². The van der Waals surface area contributed by atoms with Crippen molar-refractivity contribution in [1.29, 1.82) is 0 Å². The van der Waals surface area contributed by atoms with Crippen LogP contribution in [0, 0.1) is 0 Å². The Bertz CT molecular complexity index is 630. The predicted molar refractivity (Wildman–Crippen MR) is 103 cm³/mol. The second-order valence-corrected chi connectivity index (χ2v) is 7.19. The van der Waals surface area contributed by atoms with Crippen LogP contribution in [0.3, 0.4) is 0 Å². The smallest absolute Gasteiger partial charge is 0.333 e. The molecule has 1 rings (SSSR count). The van der Waals surface area contributed by atoms with Gasteiger partial charge in [-0.05, 0) is 6.92 Å². The minimum Gasteiger partial charge on any atom is -0.460 e. The number of carbonyl (C=O) groups is 2. The van der Waals surface area contributed by atoms with Crippen LogP contribution < -0.4 is 5.32 Å². The van der Waals surface area contributed by atoms with Gasteiger partial charge in [-0.1, -0.05) is 6.58 Å². The van der Waals surface area contributed by atoms with E-state index in [1.807, 2.05) is 0 Å². The Labute approximate surface area is 183 Å². The summed E-state index contributed by atoms with van der Waals surface area (Å²) in [5, 5.41) is 80.6. The summed E-state index contributed by atoms with van der Waals surface area (Å²) in [7, 11) is 0. The van der Waals surface area contributed by atoms with Gasteiger partial charge in [0.25, 0.3) is 5.91 Å². The Morgan fingerprint density at radius 2 is 1.72 bits per heavy atom. The number of aliphatic hydroxyl groups is 8. The number of nitrogens with one attached hydrogen (secondary N) is 1. The molecule has 14 heteroatoms. The minimum absolute atomic E-state index is 0.137. The van der Waals surface area contributed by atoms with Crippen molar-refractivity contribution in [2.75, 3.05) is 26.4 Å². The number of hydrogen-bond donors (Lipinski definition) is 9. The van der Waals surface area contributed by atoms with E-state index in [-0.39, 0.29) is 18.7 Å². The molecule has 0 saturated carbocycles. The third-order valence-electron chi connectivity index (χ3n) is 4.62. The largest absolute Gasteiger partial charge is 0.460 e. The summed E-state index contributed by atoms with van der Waals surface area (Å²) in [6.07, 6.45) is -16.8. The molecule has 9 atom stereocenters. The van der Waals surface area contributed by atoms with E-state index in [0.717, 1.165) is 0 Å². The Morgan fingerprint density at radius 3 is 2.25 bits per heavy atom. The van der Waals surface area contributed by atoms with E-state index in [4.69, 9.17) is 14.2 Å². The SMILES string of the molecule is C=C(C)C(=O)OCCNC(=O)[C@H](O)[C@@H](O)[C@H](O[C@H]1O[C@@H](CO)[C@@H](O)[C@@H](O)[C@@H]1O)[C@H](O)CO. The molecule has 0 spiro atoms. The number of esters is 1. The van der Waals surface area contributed by atoms with Gasteiger partial charge in [0.2, 0.25) is 0 Å². The summed E-state index contributed by atoms with van der Waals surface area (Å²) in [5.74, 6) is -1.84. The van der Waals surface area contributed by atoms with Crippen LogP contribution in [0.1, 0.15) is 6.92 Å². The van der Waals surface area contributed by atoms with Crippen LogP contribution in [0.2, 0.25) is 0 Å². The number of amides is 1. The molecule has 14 nitrogen and oxygen atoms in total. The Balaban J connectivity index is 2.78. The first-order valence-corrected chi connectivity index (χ1v) is 9.67. The van der Waals surface area contributed by atoms with Gasteiger partial charge in [-0.2, -0.15) is 0 Å². The molecule has 186 valence electrons. The fraction of sp³-hybridized carbons (Fsp3) is 0.778. The van der Waals surface area contributed by atoms with E-state index in [2.05, 4.69) is 11.9 Å². The molecule has 1 saturated heterocycles. The highest BCUT2D eigenvalue weighted by molar-refractivity contribution is 5.87. The Hall–Kier alpha value is -1.72. The van der Waals surface area contributed by atoms with Crippen LogP contribution in [-0.4, -0.2) is 134 Å². The summed E-state index contributed by atoms with van der Waals surface area (Å²) in [4.78, 5) is 23.3. The lowest BCUT2D eigenvalue weighted by Gasteiger charge is -2.42. The third-order valence-corrected chi connectivity index (χ3v) is 4.62. The Morgan fingerprint density at radius 1 is 1.09 bits per heavy atom. The van der Waals surface area contributed by atoms with Gasteiger partial charge in [-0.25, -0.2) is 4.79 Å². The van der Waals surface area contributed by atoms with Gasteiger partial charge in [0.1, 0.15) is 49.3 Å². The van der Waals surface area contributed by atoms with Crippen molar-refractivity contribution < 1.29 is 64.7 Å². The number of aliphatic hydroxyl groups excluding tert-OH is 8. The maximum atomic E-state index is 12.1. The topological polar surface area (TPSA) is 236 Å². The zero-order valence-electron chi connectivity index (χ0n) is 17.4. The molecular weight excluding hydrogens is 438 g/mol. The molecule has 1 aliphatic heterocycles. The van der Waals surface area contributed by atoms with Crippen LogP contribution >= 0.6 is 0 Å². The average molecular weight is 469 g/mol. The molecule has 0 aromatic carbocycles. The third kappa shape index (κ3) is 7.41. The van der Waals surface area contributed by atoms with Crippen LogP contribution in [0.25, 0.3) is 0 Å². The molecule has 9 N–H and O–H groups in total. The first-order valence-electron chi connectivity index (χ1n) is 9.67. The molecule has 32 heavy (non-hydrogen) atoms. The van der Waals surface area contributed by atoms with Gasteiger partial charge in [0.15, 0.2) is 12.4 Å². The highest BCUT2D eigenvalue weighted by Gasteiger charge is 2.47. The molecule has 0 aliphatic carbocycles. The second-order valence-electron chi connectivity index (χ2n) is 7.19. The maximum Gasteiger partial charge on any atom is 0.333 e. The molecule has 0 unspecified atom stereocenters. The number of rotatable bonds is 12. The van der Waals surface area contributed by atoms with E-state index in [0.29, 0.717) is 0 Å². The van der Waals surface area contributed by atoms with Crippen LogP contribution in [0.15, 0.2) is 12.2 Å². The fourth-order valence-electron chi connectivity index (χ4n) is 2.72. The van der Waals surface area contributed by atoms with Gasteiger partial charge < -0.3 is 60.4 Å². The molecule has 1 aliphatic rings. The summed E-state index contributed by atoms with van der Waals surface area (Å²) < 4.78 is 15.0. The number of ether oxygens (including phenoxy) is 3. The van der Waals surface area contributed by atoms with Crippen molar-refractivity contribution >= 4 is 11.9 Å². The van der Waals surface area contributed by atoms with Crippen molar-refractivity contribution in [3.05, 3.63) is 12.2 Å². The standard InChI is InChI=1S/C18H31NO13/c1-7(2)17(29)30-4-3-19-16(28)13(26)12(25)15(8(22)5-20)32-18-14(27)11(24)10(23)9(6-21)31-18/h8-15,18,20-27H,1,3-6H2,2H3,(H,19,28)/t8-,9+,10-,11-,12-,13-,14+,15-,18-/m1/s1. The predicted octanol–water partition coefficient (Wildman–Crippen LogP) is -5.52. The van der Waals surface area contributed by atoms with Crippen LogP contribution in [0.4, 0.5) is 0 Å². The summed E-state index contributed by atoms with van der Waals surface area (Å²) in [5.41, 5.74) is 0.137. The maximum absolute atomic E-state index is 12.1. The number of carbonyl (C=O) groups excluding carboxylic acids is 2. The van der Waals surface area contributed by atoms with Gasteiger partial charge in [0.05, 0.1) is 19.8 Å². The van der Waals surface area contributed by atoms with E-state index < -0.39 is 80.2 Å². The van der Waals surface area contributed by atoms with Gasteiger partial charge in [-0.3, -0.25) is 4.79 Å². The molecule has 0 bridgehead atoms. The monoisotopic (exact) mass is 469 g/mol. The van der Waals surface area contributed by atoms with Crippen molar-refractivity contribution in [1.82, 2.24) is 5.32 Å². The van der Waals surface area contributed by atoms with E-state index in [1.54, 1.807) is 0 Å². The van der Waals surface area contributed by atoms with Crippen molar-refractivity contribution in [2.45, 2.75) is 62.0 Å². The lowest BCUT2D eigenvalue weighted by atomic mass is 9.98. The minimum atomic E-state index is -2.21. The molecule has 0 aromatic rings. The quantitative estimate of drug-likeness (QED) is 0.0737. The zero-order chi connectivity index (χ0) is 24.6. The van der Waals surface area contributed by atoms with Gasteiger partial charge in [-0.15, -0.1) is 0 Å². The summed E-state index contributed by atoms with van der Waals surface area (Å²) in [6.45, 7) is 2.53. The highest BCUT2D eigenvalue weighted by Crippen LogP contribution is 2.25. The van der Waals surface area contributed by atoms with E-state index >= 15 is 0 Å². The zero-order valence-corrected chi connectivity index (χ0v) is 17.4. The fourth-order valence-corrected chi connectivity index (χ4v) is 2.72. The highest BCUT2D eigenvalue weighted by atomic mass is 16.7. The van der Waals surface area contributed by atoms with Crippen molar-refractivity contribution in [2.24, 2.45) is 0 Å². The molecule has 1 amide bonds. The molecule has 0 aromatic heterocycles. The van der Waals surface area contributed by atoms with Crippen LogP contribution in [0.5, 0.6) is 0 Å². The van der Waals surface area contributed by atoms with Gasteiger partial charge in [0, 0.05) is 5.57 Å². The molecule has 0 radical (unpaired) electrons. The molecular formula is C18H31NO13. The number of hydrogen-bond acceptors (Lipinski definition) is 13. The van der Waals surface area contributed by atoms with Gasteiger partial charge >= 0.3 is 5.97 Å². The normalized spacial score (nSPS) is 29.5. The first kappa shape index (κ1) is 28.3. The van der Waals surface area contributed by atoms with Crippen molar-refractivity contribution in [3.63, 3.8) is 0 Å². The average Bonchev–Trinajstić information content (AvgIpc) is 2.77. The first-order chi connectivity index (χ1) is 15.0. The summed E-state index contributed by atoms with van der Waals surface area (Å²) >= 11 is 0. The van der Waals surface area contributed by atoms with E-state index in [9.17, 15) is 50.4 Å². The lowest BCUT2D eigenvalue weighted by Crippen LogP contribution is -2.62. The lowest BCUT2D eigenvalue weighted by molar-refractivity contribution is -0.326. The van der Waals surface area contributed by atoms with Crippen molar-refractivity contribution in [3.8, 4) is 0 Å². The summed E-state index contributed by atoms with van der Waals surface area (Å²) in [6, 6.07) is 0. The van der Waals surface area contributed by atoms with Crippen LogP contribution in [-0.2, 0) is 23.8 Å². The Kier molecular flexibility index (Phi) is 11.6. The molecule has 1 fully saturated rings.